The number of likely N-dealkylation sites (N-methyl/N-ethyl adjacent to an activating group) is 1. The van der Waals surface area contributed by atoms with Gasteiger partial charge in [0.2, 0.25) is 0 Å². The second-order valence-corrected chi connectivity index (χ2v) is 5.87. The van der Waals surface area contributed by atoms with Crippen LogP contribution in [0.15, 0.2) is 36.4 Å². The maximum Gasteiger partial charge on any atom is 0.408 e. The van der Waals surface area contributed by atoms with Crippen molar-refractivity contribution in [3.8, 4) is 0 Å². The fourth-order valence-corrected chi connectivity index (χ4v) is 3.25. The van der Waals surface area contributed by atoms with Crippen LogP contribution in [0, 0.1) is 0 Å². The minimum absolute atomic E-state index is 0.0832. The van der Waals surface area contributed by atoms with Gasteiger partial charge < -0.3 is 14.8 Å². The number of para-hydroxylation sites is 1. The lowest BCUT2D eigenvalue weighted by Crippen LogP contribution is -2.70. The molecule has 2 heterocycles. The summed E-state index contributed by atoms with van der Waals surface area (Å²) in [7, 11) is 1.68. The van der Waals surface area contributed by atoms with Crippen LogP contribution < -0.4 is 10.2 Å². The van der Waals surface area contributed by atoms with Crippen LogP contribution in [0.25, 0.3) is 10.9 Å². The Morgan fingerprint density at radius 1 is 1.33 bits per heavy atom. The molecule has 1 fully saturated rings. The highest BCUT2D eigenvalue weighted by molar-refractivity contribution is 5.80. The van der Waals surface area contributed by atoms with Gasteiger partial charge in [-0.25, -0.2) is 9.78 Å². The van der Waals surface area contributed by atoms with E-state index in [1.165, 1.54) is 4.90 Å². The number of aromatic nitrogens is 1. The number of aldehydes is 1. The second-order valence-electron chi connectivity index (χ2n) is 5.87. The summed E-state index contributed by atoms with van der Waals surface area (Å²) in [4.78, 5) is 30.7. The van der Waals surface area contributed by atoms with Crippen LogP contribution in [0.4, 0.5) is 10.6 Å². The van der Waals surface area contributed by atoms with Crippen molar-refractivity contribution in [2.45, 2.75) is 12.1 Å². The molecule has 1 saturated heterocycles. The normalized spacial score (nSPS) is 21.0. The van der Waals surface area contributed by atoms with Crippen molar-refractivity contribution in [3.05, 3.63) is 36.4 Å². The number of piperazine rings is 1. The molecule has 2 N–H and O–H groups in total. The molecular weight excluding hydrogens is 308 g/mol. The van der Waals surface area contributed by atoms with Crippen molar-refractivity contribution in [2.24, 2.45) is 0 Å². The average molecular weight is 328 g/mol. The molecule has 1 atom stereocenters. The summed E-state index contributed by atoms with van der Waals surface area (Å²) in [5, 5.41) is 13.6. The first-order chi connectivity index (χ1) is 11.6. The molecule has 0 saturated carbocycles. The van der Waals surface area contributed by atoms with E-state index in [1.807, 2.05) is 41.3 Å². The van der Waals surface area contributed by atoms with Crippen LogP contribution in [0.1, 0.15) is 6.42 Å². The van der Waals surface area contributed by atoms with Gasteiger partial charge in [-0.1, -0.05) is 18.2 Å². The Bertz CT molecular complexity index is 766. The third-order valence-electron chi connectivity index (χ3n) is 4.59. The number of benzene rings is 1. The van der Waals surface area contributed by atoms with Crippen molar-refractivity contribution in [2.75, 3.05) is 31.6 Å². The van der Waals surface area contributed by atoms with Crippen molar-refractivity contribution in [1.82, 2.24) is 15.2 Å². The van der Waals surface area contributed by atoms with Crippen molar-refractivity contribution in [1.29, 1.82) is 0 Å². The number of anilines is 1. The maximum absolute atomic E-state index is 11.6. The topological polar surface area (TPSA) is 85.8 Å². The van der Waals surface area contributed by atoms with E-state index in [4.69, 9.17) is 0 Å². The molecule has 7 heteroatoms. The number of fused-ring (bicyclic) bond motifs is 1. The molecule has 1 aromatic carbocycles. The molecular formula is C17H20N4O3. The van der Waals surface area contributed by atoms with E-state index < -0.39 is 11.8 Å². The molecule has 1 amide bonds. The summed E-state index contributed by atoms with van der Waals surface area (Å²) >= 11 is 0. The molecule has 7 nitrogen and oxygen atoms in total. The molecule has 126 valence electrons. The fraction of sp³-hybridized carbons (Fsp3) is 0.353. The summed E-state index contributed by atoms with van der Waals surface area (Å²) in [6.07, 6.45) is -0.193. The predicted molar refractivity (Wildman–Crippen MR) is 91.2 cm³/mol. The molecule has 3 rings (SSSR count). The lowest BCUT2D eigenvalue weighted by molar-refractivity contribution is -0.110. The van der Waals surface area contributed by atoms with Gasteiger partial charge in [0.1, 0.15) is 17.8 Å². The van der Waals surface area contributed by atoms with Gasteiger partial charge in [-0.05, 0) is 25.2 Å². The highest BCUT2D eigenvalue weighted by Crippen LogP contribution is 2.26. The lowest BCUT2D eigenvalue weighted by Gasteiger charge is -2.49. The zero-order valence-corrected chi connectivity index (χ0v) is 13.5. The first-order valence-electron chi connectivity index (χ1n) is 7.83. The Morgan fingerprint density at radius 2 is 2.12 bits per heavy atom. The summed E-state index contributed by atoms with van der Waals surface area (Å²) in [5.41, 5.74) is -0.0554. The summed E-state index contributed by atoms with van der Waals surface area (Å²) in [6, 6.07) is 11.8. The smallest absolute Gasteiger partial charge is 0.408 e. The average Bonchev–Trinajstić information content (AvgIpc) is 2.61. The number of carboxylic acid groups (broad SMARTS) is 1. The number of carbonyl (C=O) groups is 2. The number of rotatable bonds is 4. The van der Waals surface area contributed by atoms with Gasteiger partial charge in [-0.15, -0.1) is 0 Å². The summed E-state index contributed by atoms with van der Waals surface area (Å²) in [5.74, 6) is 0.782. The number of hydrogen-bond donors (Lipinski definition) is 2. The standard InChI is InChI=1S/C17H20N4O3/c1-18-17(8-11-22)12-20(9-10-21(17)16(23)24)15-7-6-13-4-2-3-5-14(13)19-15/h2-7,11,18H,8-10,12H2,1H3,(H,23,24). The van der Waals surface area contributed by atoms with Crippen molar-refractivity contribution < 1.29 is 14.7 Å². The van der Waals surface area contributed by atoms with Gasteiger partial charge >= 0.3 is 6.09 Å². The van der Waals surface area contributed by atoms with Gasteiger partial charge in [0.25, 0.3) is 0 Å². The Morgan fingerprint density at radius 3 is 2.83 bits per heavy atom. The van der Waals surface area contributed by atoms with Crippen molar-refractivity contribution in [3.63, 3.8) is 0 Å². The second kappa shape index (κ2) is 6.45. The van der Waals surface area contributed by atoms with Gasteiger partial charge in [0, 0.05) is 24.9 Å². The maximum atomic E-state index is 11.6. The van der Waals surface area contributed by atoms with Gasteiger partial charge in [-0.3, -0.25) is 10.2 Å². The van der Waals surface area contributed by atoms with Crippen LogP contribution in [0.2, 0.25) is 0 Å². The Labute approximate surface area is 139 Å². The number of amides is 1. The van der Waals surface area contributed by atoms with Gasteiger partial charge in [-0.2, -0.15) is 0 Å². The molecule has 1 aliphatic heterocycles. The van der Waals surface area contributed by atoms with Crippen LogP contribution in [-0.4, -0.2) is 59.7 Å². The quantitative estimate of drug-likeness (QED) is 0.828. The highest BCUT2D eigenvalue weighted by atomic mass is 16.4. The Kier molecular flexibility index (Phi) is 4.35. The third kappa shape index (κ3) is 2.78. The minimum Gasteiger partial charge on any atom is -0.465 e. The highest BCUT2D eigenvalue weighted by Gasteiger charge is 2.43. The fourth-order valence-electron chi connectivity index (χ4n) is 3.25. The lowest BCUT2D eigenvalue weighted by atomic mass is 10.0. The van der Waals surface area contributed by atoms with E-state index in [2.05, 4.69) is 10.3 Å². The van der Waals surface area contributed by atoms with Crippen LogP contribution >= 0.6 is 0 Å². The molecule has 2 aromatic rings. The SMILES string of the molecule is CNC1(CC=O)CN(c2ccc3ccccc3n2)CCN1C(=O)O. The van der Waals surface area contributed by atoms with Crippen LogP contribution in [0.5, 0.6) is 0 Å². The van der Waals surface area contributed by atoms with Gasteiger partial charge in [0.15, 0.2) is 0 Å². The monoisotopic (exact) mass is 328 g/mol. The molecule has 24 heavy (non-hydrogen) atoms. The summed E-state index contributed by atoms with van der Waals surface area (Å²) in [6.45, 7) is 1.19. The first-order valence-corrected chi connectivity index (χ1v) is 7.83. The molecule has 0 bridgehead atoms. The zero-order chi connectivity index (χ0) is 17.2. The van der Waals surface area contributed by atoms with E-state index in [0.717, 1.165) is 23.0 Å². The molecule has 1 unspecified atom stereocenters. The predicted octanol–water partition coefficient (Wildman–Crippen LogP) is 1.54. The summed E-state index contributed by atoms with van der Waals surface area (Å²) < 4.78 is 0. The number of nitrogens with one attached hydrogen (secondary N) is 1. The Balaban J connectivity index is 1.94. The van der Waals surface area contributed by atoms with E-state index in [-0.39, 0.29) is 6.42 Å². The minimum atomic E-state index is -1.03. The first kappa shape index (κ1) is 16.2. The van der Waals surface area contributed by atoms with Crippen LogP contribution in [0.3, 0.4) is 0 Å². The largest absolute Gasteiger partial charge is 0.465 e. The number of carbonyl (C=O) groups excluding carboxylic acids is 1. The molecule has 1 aromatic heterocycles. The molecule has 0 spiro atoms. The number of pyridine rings is 1. The van der Waals surface area contributed by atoms with E-state index in [0.29, 0.717) is 19.6 Å². The van der Waals surface area contributed by atoms with Gasteiger partial charge in [0.05, 0.1) is 12.1 Å². The van der Waals surface area contributed by atoms with E-state index >= 15 is 0 Å². The number of nitrogens with zero attached hydrogens (tertiary/aromatic N) is 3. The molecule has 0 aliphatic carbocycles. The third-order valence-corrected chi connectivity index (χ3v) is 4.59. The zero-order valence-electron chi connectivity index (χ0n) is 13.5. The van der Waals surface area contributed by atoms with Crippen molar-refractivity contribution >= 4 is 29.1 Å². The van der Waals surface area contributed by atoms with Crippen LogP contribution in [-0.2, 0) is 4.79 Å². The van der Waals surface area contributed by atoms with E-state index in [9.17, 15) is 14.7 Å². The number of hydrogen-bond acceptors (Lipinski definition) is 5. The molecule has 0 radical (unpaired) electrons. The van der Waals surface area contributed by atoms with E-state index in [1.54, 1.807) is 7.05 Å². The Hall–Kier alpha value is -2.67. The molecule has 1 aliphatic rings.